The van der Waals surface area contributed by atoms with Crippen LogP contribution < -0.4 is 10.1 Å². The van der Waals surface area contributed by atoms with Crippen LogP contribution in [0.5, 0.6) is 5.75 Å². The molecule has 1 amide bonds. The Morgan fingerprint density at radius 1 is 1.42 bits per heavy atom. The second kappa shape index (κ2) is 7.58. The molecule has 0 saturated carbocycles. The van der Waals surface area contributed by atoms with E-state index in [0.717, 1.165) is 0 Å². The van der Waals surface area contributed by atoms with E-state index >= 15 is 0 Å². The van der Waals surface area contributed by atoms with Gasteiger partial charge in [0, 0.05) is 6.07 Å². The summed E-state index contributed by atoms with van der Waals surface area (Å²) in [6.45, 7) is 3.41. The van der Waals surface area contributed by atoms with E-state index in [-0.39, 0.29) is 18.6 Å². The van der Waals surface area contributed by atoms with E-state index in [1.807, 2.05) is 6.92 Å². The molecule has 2 N–H and O–H groups in total. The molecule has 106 valence electrons. The maximum atomic E-state index is 11.8. The highest BCUT2D eigenvalue weighted by Crippen LogP contribution is 2.26. The van der Waals surface area contributed by atoms with E-state index in [1.54, 1.807) is 25.1 Å². The van der Waals surface area contributed by atoms with Crippen LogP contribution in [0.25, 0.3) is 0 Å². The number of benzene rings is 1. The predicted molar refractivity (Wildman–Crippen MR) is 75.9 cm³/mol. The van der Waals surface area contributed by atoms with Crippen molar-refractivity contribution in [1.29, 1.82) is 0 Å². The minimum atomic E-state index is -0.683. The van der Waals surface area contributed by atoms with E-state index in [0.29, 0.717) is 22.2 Å². The summed E-state index contributed by atoms with van der Waals surface area (Å²) in [5, 5.41) is 12.5. The molecular weight excluding hydrogens is 289 g/mol. The number of carbonyl (C=O) groups excluding carboxylic acids is 1. The second-order valence-electron chi connectivity index (χ2n) is 4.13. The molecule has 1 rings (SSSR count). The number of aliphatic hydroxyl groups excluding tert-OH is 1. The zero-order valence-electron chi connectivity index (χ0n) is 10.8. The molecule has 19 heavy (non-hydrogen) atoms. The van der Waals surface area contributed by atoms with Crippen molar-refractivity contribution in [3.8, 4) is 5.75 Å². The van der Waals surface area contributed by atoms with Crippen LogP contribution in [-0.2, 0) is 4.79 Å². The van der Waals surface area contributed by atoms with Crippen molar-refractivity contribution < 1.29 is 14.6 Å². The average molecular weight is 306 g/mol. The molecule has 4 nitrogen and oxygen atoms in total. The smallest absolute Gasteiger partial charge is 0.261 e. The monoisotopic (exact) mass is 305 g/mol. The Hall–Kier alpha value is -0.970. The fraction of sp³-hybridized carbons (Fsp3) is 0.462. The molecule has 6 heteroatoms. The quantitative estimate of drug-likeness (QED) is 0.849. The molecule has 0 heterocycles. The Kier molecular flexibility index (Phi) is 6.42. The summed E-state index contributed by atoms with van der Waals surface area (Å²) in [5.74, 6) is 0.182. The molecule has 0 spiro atoms. The fourth-order valence-corrected chi connectivity index (χ4v) is 1.69. The van der Waals surface area contributed by atoms with Gasteiger partial charge in [-0.15, -0.1) is 0 Å². The molecular formula is C13H17Cl2NO3. The summed E-state index contributed by atoms with van der Waals surface area (Å²) in [6.07, 6.45) is -0.0281. The van der Waals surface area contributed by atoms with Gasteiger partial charge >= 0.3 is 0 Å². The van der Waals surface area contributed by atoms with Gasteiger partial charge < -0.3 is 15.2 Å². The van der Waals surface area contributed by atoms with Crippen molar-refractivity contribution in [3.05, 3.63) is 28.2 Å². The Balaban J connectivity index is 2.60. The van der Waals surface area contributed by atoms with Gasteiger partial charge in [0.1, 0.15) is 5.75 Å². The largest absolute Gasteiger partial charge is 0.481 e. The Morgan fingerprint density at radius 2 is 2.11 bits per heavy atom. The molecule has 2 unspecified atom stereocenters. The van der Waals surface area contributed by atoms with Gasteiger partial charge in [-0.3, -0.25) is 4.79 Å². The Morgan fingerprint density at radius 3 is 2.63 bits per heavy atom. The molecule has 0 aliphatic heterocycles. The molecule has 0 radical (unpaired) electrons. The maximum absolute atomic E-state index is 11.8. The highest BCUT2D eigenvalue weighted by atomic mass is 35.5. The number of rotatable bonds is 6. The summed E-state index contributed by atoms with van der Waals surface area (Å²) in [7, 11) is 0. The van der Waals surface area contributed by atoms with Crippen molar-refractivity contribution in [2.45, 2.75) is 32.4 Å². The summed E-state index contributed by atoms with van der Waals surface area (Å²) in [6, 6.07) is 4.54. The van der Waals surface area contributed by atoms with Crippen LogP contribution >= 0.6 is 23.2 Å². The zero-order valence-corrected chi connectivity index (χ0v) is 12.3. The van der Waals surface area contributed by atoms with Crippen LogP contribution in [0.4, 0.5) is 0 Å². The number of hydrogen-bond acceptors (Lipinski definition) is 3. The number of hydrogen-bond donors (Lipinski definition) is 2. The number of amides is 1. The summed E-state index contributed by atoms with van der Waals surface area (Å²) in [5.41, 5.74) is 0. The first-order valence-corrected chi connectivity index (χ1v) is 6.76. The SMILES string of the molecule is CCC(CO)NC(=O)C(C)Oc1ccc(Cl)c(Cl)c1. The lowest BCUT2D eigenvalue weighted by molar-refractivity contribution is -0.128. The van der Waals surface area contributed by atoms with Crippen molar-refractivity contribution in [2.24, 2.45) is 0 Å². The third-order valence-electron chi connectivity index (χ3n) is 2.63. The van der Waals surface area contributed by atoms with Gasteiger partial charge in [-0.2, -0.15) is 0 Å². The molecule has 2 atom stereocenters. The van der Waals surface area contributed by atoms with E-state index in [1.165, 1.54) is 0 Å². The number of nitrogens with one attached hydrogen (secondary N) is 1. The van der Waals surface area contributed by atoms with Crippen molar-refractivity contribution in [1.82, 2.24) is 5.32 Å². The van der Waals surface area contributed by atoms with Gasteiger partial charge in [0.15, 0.2) is 6.10 Å². The van der Waals surface area contributed by atoms with Crippen LogP contribution in [0.3, 0.4) is 0 Å². The number of halogens is 2. The van der Waals surface area contributed by atoms with Gasteiger partial charge in [0.25, 0.3) is 5.91 Å². The first-order valence-electron chi connectivity index (χ1n) is 6.00. The topological polar surface area (TPSA) is 58.6 Å². The molecule has 1 aromatic rings. The van der Waals surface area contributed by atoms with Crippen LogP contribution in [0.1, 0.15) is 20.3 Å². The number of carbonyl (C=O) groups is 1. The lowest BCUT2D eigenvalue weighted by atomic mass is 10.2. The summed E-state index contributed by atoms with van der Waals surface area (Å²) in [4.78, 5) is 11.8. The van der Waals surface area contributed by atoms with Crippen LogP contribution in [0.2, 0.25) is 10.0 Å². The van der Waals surface area contributed by atoms with E-state index < -0.39 is 6.10 Å². The van der Waals surface area contributed by atoms with Gasteiger partial charge in [-0.25, -0.2) is 0 Å². The van der Waals surface area contributed by atoms with Gasteiger partial charge in [0.2, 0.25) is 0 Å². The molecule has 0 aromatic heterocycles. The van der Waals surface area contributed by atoms with Gasteiger partial charge in [-0.05, 0) is 25.5 Å². The number of ether oxygens (including phenoxy) is 1. The summed E-state index contributed by atoms with van der Waals surface area (Å²) < 4.78 is 5.47. The molecule has 0 fully saturated rings. The van der Waals surface area contributed by atoms with Gasteiger partial charge in [-0.1, -0.05) is 30.1 Å². The third kappa shape index (κ3) is 4.90. The second-order valence-corrected chi connectivity index (χ2v) is 4.95. The normalized spacial score (nSPS) is 13.7. The van der Waals surface area contributed by atoms with Crippen LogP contribution in [0.15, 0.2) is 18.2 Å². The van der Waals surface area contributed by atoms with E-state index in [9.17, 15) is 4.79 Å². The van der Waals surface area contributed by atoms with Crippen LogP contribution in [-0.4, -0.2) is 29.8 Å². The first-order chi connectivity index (χ1) is 8.97. The zero-order chi connectivity index (χ0) is 14.4. The lowest BCUT2D eigenvalue weighted by Crippen LogP contribution is -2.43. The van der Waals surface area contributed by atoms with Crippen molar-refractivity contribution >= 4 is 29.1 Å². The molecule has 1 aromatic carbocycles. The lowest BCUT2D eigenvalue weighted by Gasteiger charge is -2.19. The minimum Gasteiger partial charge on any atom is -0.481 e. The van der Waals surface area contributed by atoms with Crippen molar-refractivity contribution in [2.75, 3.05) is 6.61 Å². The maximum Gasteiger partial charge on any atom is 0.261 e. The van der Waals surface area contributed by atoms with Crippen LogP contribution in [0, 0.1) is 0 Å². The Bertz CT molecular complexity index is 436. The minimum absolute atomic E-state index is 0.0955. The van der Waals surface area contributed by atoms with E-state index in [2.05, 4.69) is 5.32 Å². The molecule has 0 aliphatic rings. The predicted octanol–water partition coefficient (Wildman–Crippen LogP) is 2.65. The third-order valence-corrected chi connectivity index (χ3v) is 3.37. The fourth-order valence-electron chi connectivity index (χ4n) is 1.40. The average Bonchev–Trinajstić information content (AvgIpc) is 2.39. The highest BCUT2D eigenvalue weighted by Gasteiger charge is 2.18. The van der Waals surface area contributed by atoms with Crippen molar-refractivity contribution in [3.63, 3.8) is 0 Å². The number of aliphatic hydroxyl groups is 1. The highest BCUT2D eigenvalue weighted by molar-refractivity contribution is 6.42. The standard InChI is InChI=1S/C13H17Cl2NO3/c1-3-9(7-17)16-13(18)8(2)19-10-4-5-11(14)12(15)6-10/h4-6,8-9,17H,3,7H2,1-2H3,(H,16,18). The van der Waals surface area contributed by atoms with Gasteiger partial charge in [0.05, 0.1) is 22.7 Å². The molecule has 0 aliphatic carbocycles. The Labute approximate surface area is 122 Å². The first kappa shape index (κ1) is 16.1. The van der Waals surface area contributed by atoms with E-state index in [4.69, 9.17) is 33.0 Å². The molecule has 0 saturated heterocycles. The summed E-state index contributed by atoms with van der Waals surface area (Å²) >= 11 is 11.7. The molecule has 0 bridgehead atoms.